The van der Waals surface area contributed by atoms with E-state index in [0.717, 1.165) is 31.5 Å². The highest BCUT2D eigenvalue weighted by Crippen LogP contribution is 2.16. The Balaban J connectivity index is 1.83. The van der Waals surface area contributed by atoms with E-state index in [1.165, 1.54) is 0 Å². The molecule has 27 heavy (non-hydrogen) atoms. The molecule has 0 atom stereocenters. The van der Waals surface area contributed by atoms with Gasteiger partial charge in [-0.15, -0.1) is 0 Å². The van der Waals surface area contributed by atoms with Crippen LogP contribution < -0.4 is 5.56 Å². The lowest BCUT2D eigenvalue weighted by atomic mass is 10.1. The summed E-state index contributed by atoms with van der Waals surface area (Å²) in [6.45, 7) is 5.29. The molecule has 7 heteroatoms. The molecule has 1 aliphatic heterocycles. The van der Waals surface area contributed by atoms with E-state index in [-0.39, 0.29) is 18.1 Å². The molecule has 0 saturated carbocycles. The van der Waals surface area contributed by atoms with Crippen LogP contribution in [0.5, 0.6) is 0 Å². The van der Waals surface area contributed by atoms with Gasteiger partial charge in [0.2, 0.25) is 0 Å². The number of nitrogens with zero attached hydrogens (tertiary/aromatic N) is 3. The Morgan fingerprint density at radius 1 is 1.19 bits per heavy atom. The molecular formula is C20H25N3O4. The van der Waals surface area contributed by atoms with Crippen molar-refractivity contribution in [2.45, 2.75) is 46.1 Å². The molecule has 1 aromatic heterocycles. The van der Waals surface area contributed by atoms with E-state index >= 15 is 0 Å². The third-order valence-corrected chi connectivity index (χ3v) is 5.00. The number of hydrogen-bond donors (Lipinski definition) is 0. The highest BCUT2D eigenvalue weighted by Gasteiger charge is 2.17. The van der Waals surface area contributed by atoms with Gasteiger partial charge in [-0.1, -0.05) is 6.42 Å². The normalized spacial score (nSPS) is 13.7. The number of carbonyl (C=O) groups excluding carboxylic acids is 2. The molecule has 0 saturated heterocycles. The Morgan fingerprint density at radius 3 is 2.70 bits per heavy atom. The Labute approximate surface area is 157 Å². The number of rotatable bonds is 5. The molecule has 0 aliphatic carbocycles. The number of benzene rings is 1. The fraction of sp³-hybridized carbons (Fsp3) is 0.500. The summed E-state index contributed by atoms with van der Waals surface area (Å²) in [5.74, 6) is -0.0442. The average molecular weight is 371 g/mol. The zero-order valence-electron chi connectivity index (χ0n) is 15.9. The first-order valence-corrected chi connectivity index (χ1v) is 9.53. The second kappa shape index (κ2) is 8.33. The van der Waals surface area contributed by atoms with Gasteiger partial charge in [-0.25, -0.2) is 9.78 Å². The van der Waals surface area contributed by atoms with E-state index in [4.69, 9.17) is 4.74 Å². The summed E-state index contributed by atoms with van der Waals surface area (Å²) in [7, 11) is 0. The Morgan fingerprint density at radius 2 is 1.96 bits per heavy atom. The SMILES string of the molecule is CCN(CC)C(=O)COC(=O)c1ccc2c(=O)n3c(nc2c1)CCCCC3. The van der Waals surface area contributed by atoms with Crippen molar-refractivity contribution in [1.82, 2.24) is 14.5 Å². The first-order valence-electron chi connectivity index (χ1n) is 9.53. The van der Waals surface area contributed by atoms with Gasteiger partial charge in [0.05, 0.1) is 16.5 Å². The number of aromatic nitrogens is 2. The lowest BCUT2D eigenvalue weighted by Gasteiger charge is -2.18. The molecule has 0 spiro atoms. The Hall–Kier alpha value is -2.70. The van der Waals surface area contributed by atoms with E-state index in [2.05, 4.69) is 4.98 Å². The Bertz CT molecular complexity index is 915. The topological polar surface area (TPSA) is 81.5 Å². The van der Waals surface area contributed by atoms with Crippen molar-refractivity contribution in [2.75, 3.05) is 19.7 Å². The second-order valence-corrected chi connectivity index (χ2v) is 6.67. The van der Waals surface area contributed by atoms with Gasteiger partial charge < -0.3 is 9.64 Å². The third-order valence-electron chi connectivity index (χ3n) is 5.00. The number of aryl methyl sites for hydroxylation is 1. The van der Waals surface area contributed by atoms with Gasteiger partial charge in [-0.05, 0) is 44.9 Å². The van der Waals surface area contributed by atoms with Gasteiger partial charge in [0.15, 0.2) is 6.61 Å². The van der Waals surface area contributed by atoms with Crippen molar-refractivity contribution in [3.8, 4) is 0 Å². The van der Waals surface area contributed by atoms with Gasteiger partial charge in [0, 0.05) is 26.1 Å². The first kappa shape index (κ1) is 19.1. The molecule has 144 valence electrons. The van der Waals surface area contributed by atoms with Crippen molar-refractivity contribution < 1.29 is 14.3 Å². The van der Waals surface area contributed by atoms with Crippen molar-refractivity contribution in [1.29, 1.82) is 0 Å². The minimum absolute atomic E-state index is 0.0615. The summed E-state index contributed by atoms with van der Waals surface area (Å²) >= 11 is 0. The molecule has 2 heterocycles. The van der Waals surface area contributed by atoms with E-state index in [1.54, 1.807) is 27.7 Å². The Kier molecular flexibility index (Phi) is 5.88. The van der Waals surface area contributed by atoms with Crippen LogP contribution in [0.3, 0.4) is 0 Å². The summed E-state index contributed by atoms with van der Waals surface area (Å²) in [4.78, 5) is 43.2. The number of hydrogen-bond acceptors (Lipinski definition) is 5. The predicted octanol–water partition coefficient (Wildman–Crippen LogP) is 2.15. The maximum Gasteiger partial charge on any atom is 0.338 e. The molecule has 0 bridgehead atoms. The number of likely N-dealkylation sites (N-methyl/N-ethyl adjacent to an activating group) is 1. The van der Waals surface area contributed by atoms with Crippen LogP contribution in [0.1, 0.15) is 49.3 Å². The number of ether oxygens (including phenoxy) is 1. The molecule has 0 radical (unpaired) electrons. The van der Waals surface area contributed by atoms with Crippen molar-refractivity contribution in [2.24, 2.45) is 0 Å². The summed E-state index contributed by atoms with van der Waals surface area (Å²) in [6, 6.07) is 4.75. The predicted molar refractivity (Wildman–Crippen MR) is 102 cm³/mol. The number of fused-ring (bicyclic) bond motifs is 2. The van der Waals surface area contributed by atoms with Gasteiger partial charge in [0.1, 0.15) is 5.82 Å². The molecule has 0 unspecified atom stereocenters. The standard InChI is InChI=1S/C20H25N3O4/c1-3-22(4-2)18(24)13-27-20(26)14-9-10-15-16(12-14)21-17-8-6-5-7-11-23(17)19(15)25/h9-10,12H,3-8,11,13H2,1-2H3. The third kappa shape index (κ3) is 4.02. The minimum atomic E-state index is -0.589. The smallest absolute Gasteiger partial charge is 0.338 e. The summed E-state index contributed by atoms with van der Waals surface area (Å²) < 4.78 is 6.89. The second-order valence-electron chi connectivity index (χ2n) is 6.67. The fourth-order valence-corrected chi connectivity index (χ4v) is 3.42. The van der Waals surface area contributed by atoms with E-state index in [9.17, 15) is 14.4 Å². The first-order chi connectivity index (χ1) is 13.0. The van der Waals surface area contributed by atoms with E-state index < -0.39 is 5.97 Å². The molecular weight excluding hydrogens is 346 g/mol. The quantitative estimate of drug-likeness (QED) is 0.752. The largest absolute Gasteiger partial charge is 0.452 e. The molecule has 0 N–H and O–H groups in total. The number of esters is 1. The van der Waals surface area contributed by atoms with Crippen LogP contribution in [-0.2, 0) is 22.5 Å². The van der Waals surface area contributed by atoms with Gasteiger partial charge >= 0.3 is 5.97 Å². The minimum Gasteiger partial charge on any atom is -0.452 e. The van der Waals surface area contributed by atoms with E-state index in [1.807, 2.05) is 13.8 Å². The molecule has 1 amide bonds. The number of carbonyl (C=O) groups is 2. The van der Waals surface area contributed by atoms with Crippen LogP contribution in [0.25, 0.3) is 10.9 Å². The highest BCUT2D eigenvalue weighted by atomic mass is 16.5. The molecule has 3 rings (SSSR count). The monoisotopic (exact) mass is 371 g/mol. The maximum absolute atomic E-state index is 12.7. The van der Waals surface area contributed by atoms with Gasteiger partial charge in [-0.3, -0.25) is 14.2 Å². The maximum atomic E-state index is 12.7. The van der Waals surface area contributed by atoms with Crippen molar-refractivity contribution in [3.05, 3.63) is 39.9 Å². The average Bonchev–Trinajstić information content (AvgIpc) is 2.92. The molecule has 1 aromatic carbocycles. The number of amides is 1. The molecule has 7 nitrogen and oxygen atoms in total. The van der Waals surface area contributed by atoms with Crippen LogP contribution in [-0.4, -0.2) is 46.0 Å². The van der Waals surface area contributed by atoms with Gasteiger partial charge in [-0.2, -0.15) is 0 Å². The highest BCUT2D eigenvalue weighted by molar-refractivity contribution is 5.95. The fourth-order valence-electron chi connectivity index (χ4n) is 3.42. The van der Waals surface area contributed by atoms with Crippen LogP contribution in [0.4, 0.5) is 0 Å². The summed E-state index contributed by atoms with van der Waals surface area (Å²) in [5, 5.41) is 0.497. The molecule has 0 fully saturated rings. The summed E-state index contributed by atoms with van der Waals surface area (Å²) in [6.07, 6.45) is 3.83. The van der Waals surface area contributed by atoms with Gasteiger partial charge in [0.25, 0.3) is 11.5 Å². The van der Waals surface area contributed by atoms with Crippen LogP contribution in [0.15, 0.2) is 23.0 Å². The van der Waals surface area contributed by atoms with Crippen LogP contribution in [0.2, 0.25) is 0 Å². The zero-order valence-corrected chi connectivity index (χ0v) is 15.9. The molecule has 1 aliphatic rings. The van der Waals surface area contributed by atoms with E-state index in [0.29, 0.717) is 36.1 Å². The molecule has 2 aromatic rings. The van der Waals surface area contributed by atoms with Crippen molar-refractivity contribution in [3.63, 3.8) is 0 Å². The van der Waals surface area contributed by atoms with Crippen molar-refractivity contribution >= 4 is 22.8 Å². The summed E-state index contributed by atoms with van der Waals surface area (Å²) in [5.41, 5.74) is 0.728. The van der Waals surface area contributed by atoms with Crippen LogP contribution >= 0.6 is 0 Å². The zero-order chi connectivity index (χ0) is 19.4. The lowest BCUT2D eigenvalue weighted by Crippen LogP contribution is -2.34. The lowest BCUT2D eigenvalue weighted by molar-refractivity contribution is -0.134. The van der Waals surface area contributed by atoms with Crippen LogP contribution in [0, 0.1) is 0 Å².